The maximum atomic E-state index is 13.0. The third-order valence-corrected chi connectivity index (χ3v) is 4.96. The third kappa shape index (κ3) is 5.45. The van der Waals surface area contributed by atoms with Crippen molar-refractivity contribution in [2.75, 3.05) is 18.4 Å². The molecule has 2 amide bonds. The van der Waals surface area contributed by atoms with Crippen LogP contribution in [0.1, 0.15) is 44.2 Å². The molecule has 5 nitrogen and oxygen atoms in total. The van der Waals surface area contributed by atoms with Gasteiger partial charge in [0.05, 0.1) is 11.5 Å². The van der Waals surface area contributed by atoms with Gasteiger partial charge in [0.25, 0.3) is 0 Å². The normalized spacial score (nSPS) is 18.9. The Balaban J connectivity index is 2.11. The molecule has 0 bridgehead atoms. The molecule has 0 aliphatic carbocycles. The molecule has 1 heterocycles. The van der Waals surface area contributed by atoms with Gasteiger partial charge in [-0.15, -0.1) is 0 Å². The molecule has 0 aromatic heterocycles. The molecule has 0 saturated carbocycles. The zero-order chi connectivity index (χ0) is 20.2. The fourth-order valence-corrected chi connectivity index (χ4v) is 3.17. The van der Waals surface area contributed by atoms with E-state index in [1.165, 1.54) is 6.07 Å². The number of amides is 2. The summed E-state index contributed by atoms with van der Waals surface area (Å²) >= 11 is 0. The van der Waals surface area contributed by atoms with Crippen molar-refractivity contribution in [1.82, 2.24) is 4.90 Å². The molecule has 2 unspecified atom stereocenters. The highest BCUT2D eigenvalue weighted by Gasteiger charge is 2.32. The number of carbonyl (C=O) groups is 2. The molecule has 1 fully saturated rings. The Bertz CT molecular complexity index is 691. The topological polar surface area (TPSA) is 75.4 Å². The van der Waals surface area contributed by atoms with E-state index in [-0.39, 0.29) is 42.1 Å². The molecule has 2 rings (SSSR count). The van der Waals surface area contributed by atoms with Crippen LogP contribution in [0.25, 0.3) is 0 Å². The lowest BCUT2D eigenvalue weighted by Crippen LogP contribution is -2.45. The second-order valence-corrected chi connectivity index (χ2v) is 7.04. The first-order chi connectivity index (χ1) is 12.7. The van der Waals surface area contributed by atoms with E-state index in [0.717, 1.165) is 18.6 Å². The molecule has 150 valence electrons. The van der Waals surface area contributed by atoms with Crippen LogP contribution < -0.4 is 11.1 Å². The number of nitrogens with zero attached hydrogens (tertiary/aromatic N) is 1. The lowest BCUT2D eigenvalue weighted by Gasteiger charge is -2.33. The fraction of sp³-hybridized carbons (Fsp3) is 0.579. The molecular weight excluding hydrogens is 359 g/mol. The van der Waals surface area contributed by atoms with Crippen molar-refractivity contribution in [3.05, 3.63) is 29.3 Å². The van der Waals surface area contributed by atoms with Gasteiger partial charge in [0, 0.05) is 31.2 Å². The van der Waals surface area contributed by atoms with Gasteiger partial charge in [-0.2, -0.15) is 13.2 Å². The molecular formula is C19H26F3N3O2. The van der Waals surface area contributed by atoms with Crippen LogP contribution in [0.3, 0.4) is 0 Å². The molecule has 8 heteroatoms. The van der Waals surface area contributed by atoms with Gasteiger partial charge in [-0.05, 0) is 43.0 Å². The molecule has 27 heavy (non-hydrogen) atoms. The third-order valence-electron chi connectivity index (χ3n) is 4.96. The largest absolute Gasteiger partial charge is 0.416 e. The molecule has 3 N–H and O–H groups in total. The number of nitrogens with one attached hydrogen (secondary N) is 1. The summed E-state index contributed by atoms with van der Waals surface area (Å²) in [4.78, 5) is 26.6. The predicted octanol–water partition coefficient (Wildman–Crippen LogP) is 3.39. The van der Waals surface area contributed by atoms with Crippen LogP contribution in [-0.4, -0.2) is 29.8 Å². The van der Waals surface area contributed by atoms with Crippen molar-refractivity contribution >= 4 is 17.5 Å². The summed E-state index contributed by atoms with van der Waals surface area (Å²) in [5, 5.41) is 2.57. The van der Waals surface area contributed by atoms with Crippen LogP contribution in [0.5, 0.6) is 0 Å². The van der Waals surface area contributed by atoms with Gasteiger partial charge in [-0.1, -0.05) is 13.8 Å². The van der Waals surface area contributed by atoms with E-state index in [1.807, 2.05) is 13.8 Å². The van der Waals surface area contributed by atoms with Crippen molar-refractivity contribution in [3.63, 3.8) is 0 Å². The van der Waals surface area contributed by atoms with Gasteiger partial charge in [0.15, 0.2) is 0 Å². The summed E-state index contributed by atoms with van der Waals surface area (Å²) in [5.41, 5.74) is 4.98. The highest BCUT2D eigenvalue weighted by atomic mass is 19.4. The Morgan fingerprint density at radius 1 is 1.33 bits per heavy atom. The van der Waals surface area contributed by atoms with E-state index in [4.69, 9.17) is 5.73 Å². The number of halogens is 3. The average Bonchev–Trinajstić information content (AvgIpc) is 2.65. The van der Waals surface area contributed by atoms with E-state index in [1.54, 1.807) is 4.90 Å². The number of piperidine rings is 1. The maximum Gasteiger partial charge on any atom is 0.416 e. The van der Waals surface area contributed by atoms with E-state index >= 15 is 0 Å². The Hall–Kier alpha value is -2.09. The summed E-state index contributed by atoms with van der Waals surface area (Å²) in [7, 11) is 0. The summed E-state index contributed by atoms with van der Waals surface area (Å²) in [5.74, 6) is -0.913. The highest BCUT2D eigenvalue weighted by Crippen LogP contribution is 2.32. The number of hydrogen-bond donors (Lipinski definition) is 2. The standard InChI is InChI=1S/C19H26F3N3O2/c1-3-12(2)18(27)25-6-4-5-14(11-25)17(26)24-16-8-13(10-23)7-15(9-16)19(20,21)22/h7-9,12,14H,3-6,10-11,23H2,1-2H3,(H,24,26). The number of benzene rings is 1. The summed E-state index contributed by atoms with van der Waals surface area (Å²) in [6, 6.07) is 3.32. The number of hydrogen-bond acceptors (Lipinski definition) is 3. The number of rotatable bonds is 5. The van der Waals surface area contributed by atoms with Crippen LogP contribution in [0, 0.1) is 11.8 Å². The van der Waals surface area contributed by atoms with Crippen LogP contribution in [0.15, 0.2) is 18.2 Å². The molecule has 1 aliphatic heterocycles. The minimum atomic E-state index is -4.52. The van der Waals surface area contributed by atoms with Crippen molar-refractivity contribution in [2.45, 2.75) is 45.8 Å². The first kappa shape index (κ1) is 21.2. The summed E-state index contributed by atoms with van der Waals surface area (Å²) in [6.45, 7) is 4.61. The first-order valence-electron chi connectivity index (χ1n) is 9.16. The van der Waals surface area contributed by atoms with Gasteiger partial charge in [0.2, 0.25) is 11.8 Å². The van der Waals surface area contributed by atoms with Gasteiger partial charge in [-0.3, -0.25) is 9.59 Å². The number of nitrogens with two attached hydrogens (primary N) is 1. The molecule has 2 atom stereocenters. The molecule has 0 radical (unpaired) electrons. The highest BCUT2D eigenvalue weighted by molar-refractivity contribution is 5.93. The fourth-order valence-electron chi connectivity index (χ4n) is 3.17. The SMILES string of the molecule is CCC(C)C(=O)N1CCCC(C(=O)Nc2cc(CN)cc(C(F)(F)F)c2)C1. The molecule has 1 aliphatic rings. The maximum absolute atomic E-state index is 13.0. The molecule has 1 aromatic rings. The number of likely N-dealkylation sites (tertiary alicyclic amines) is 1. The molecule has 0 spiro atoms. The van der Waals surface area contributed by atoms with Crippen molar-refractivity contribution in [1.29, 1.82) is 0 Å². The summed E-state index contributed by atoms with van der Waals surface area (Å²) < 4.78 is 39.1. The van der Waals surface area contributed by atoms with E-state index in [9.17, 15) is 22.8 Å². The van der Waals surface area contributed by atoms with Gasteiger partial charge in [0.1, 0.15) is 0 Å². The monoisotopic (exact) mass is 385 g/mol. The van der Waals surface area contributed by atoms with E-state index in [2.05, 4.69) is 5.32 Å². The molecule has 1 saturated heterocycles. The van der Waals surface area contributed by atoms with Crippen LogP contribution in [0.4, 0.5) is 18.9 Å². The lowest BCUT2D eigenvalue weighted by molar-refractivity contribution is -0.139. The van der Waals surface area contributed by atoms with E-state index < -0.39 is 17.7 Å². The zero-order valence-electron chi connectivity index (χ0n) is 15.6. The Kier molecular flexibility index (Phi) is 6.86. The van der Waals surface area contributed by atoms with E-state index in [0.29, 0.717) is 19.4 Å². The minimum Gasteiger partial charge on any atom is -0.342 e. The number of carbonyl (C=O) groups excluding carboxylic acids is 2. The number of anilines is 1. The molecule has 1 aromatic carbocycles. The zero-order valence-corrected chi connectivity index (χ0v) is 15.6. The second kappa shape index (κ2) is 8.73. The number of alkyl halides is 3. The Labute approximate surface area is 157 Å². The minimum absolute atomic E-state index is 0.0134. The van der Waals surface area contributed by atoms with Gasteiger partial charge >= 0.3 is 6.18 Å². The van der Waals surface area contributed by atoms with Crippen LogP contribution in [-0.2, 0) is 22.3 Å². The average molecular weight is 385 g/mol. The van der Waals surface area contributed by atoms with Gasteiger partial charge in [-0.25, -0.2) is 0 Å². The Morgan fingerprint density at radius 3 is 2.63 bits per heavy atom. The van der Waals surface area contributed by atoms with Gasteiger partial charge < -0.3 is 16.0 Å². The smallest absolute Gasteiger partial charge is 0.342 e. The summed E-state index contributed by atoms with van der Waals surface area (Å²) in [6.07, 6.45) is -2.51. The van der Waals surface area contributed by atoms with Crippen molar-refractivity contribution in [2.24, 2.45) is 17.6 Å². The predicted molar refractivity (Wildman–Crippen MR) is 96.7 cm³/mol. The van der Waals surface area contributed by atoms with Crippen LogP contribution in [0.2, 0.25) is 0 Å². The quantitative estimate of drug-likeness (QED) is 0.816. The van der Waals surface area contributed by atoms with Crippen LogP contribution >= 0.6 is 0 Å². The van der Waals surface area contributed by atoms with Crippen molar-refractivity contribution in [3.8, 4) is 0 Å². The second-order valence-electron chi connectivity index (χ2n) is 7.04. The first-order valence-corrected chi connectivity index (χ1v) is 9.16. The van der Waals surface area contributed by atoms with Crippen molar-refractivity contribution < 1.29 is 22.8 Å². The Morgan fingerprint density at radius 2 is 2.04 bits per heavy atom. The lowest BCUT2D eigenvalue weighted by atomic mass is 9.95.